The van der Waals surface area contributed by atoms with Crippen LogP contribution in [0.3, 0.4) is 0 Å². The zero-order chi connectivity index (χ0) is 41.2. The number of phenolic OH excluding ortho intramolecular Hbond substituents is 5. The first kappa shape index (κ1) is 56.6. The van der Waals surface area contributed by atoms with E-state index in [0.717, 1.165) is 27.6 Å². The van der Waals surface area contributed by atoms with Crippen LogP contribution in [0.15, 0.2) is 113 Å². The number of nitrogen functional groups attached to an aromatic ring is 1. The number of azo groups is 1. The summed E-state index contributed by atoms with van der Waals surface area (Å²) in [6.45, 7) is 17.7. The average molecular weight is 802 g/mol. The van der Waals surface area contributed by atoms with E-state index in [4.69, 9.17) is 31.5 Å². The number of hydrogen-bond acceptors (Lipinski definition) is 13. The summed E-state index contributed by atoms with van der Waals surface area (Å²) in [5, 5.41) is 72.5. The van der Waals surface area contributed by atoms with Crippen molar-refractivity contribution in [3.63, 3.8) is 0 Å². The Labute approximate surface area is 378 Å². The van der Waals surface area contributed by atoms with Crippen molar-refractivity contribution in [2.75, 3.05) is 5.73 Å². The summed E-state index contributed by atoms with van der Waals surface area (Å²) in [5.74, 6) is 1.41. The quantitative estimate of drug-likeness (QED) is 0.0253. The molecule has 8 N–H and O–H groups in total. The smallest absolute Gasteiger partial charge is 0.870 e. The van der Waals surface area contributed by atoms with E-state index in [9.17, 15) is 15.3 Å². The summed E-state index contributed by atoms with van der Waals surface area (Å²) in [7, 11) is 0. The Morgan fingerprint density at radius 3 is 1.35 bits per heavy atom. The molecule has 0 unspecified atom stereocenters. The van der Waals surface area contributed by atoms with Crippen molar-refractivity contribution in [1.82, 2.24) is 0 Å². The van der Waals surface area contributed by atoms with Crippen molar-refractivity contribution in [1.29, 1.82) is 5.39 Å². The first-order chi connectivity index (χ1) is 25.1. The predicted molar refractivity (Wildman–Crippen MR) is 217 cm³/mol. The van der Waals surface area contributed by atoms with Gasteiger partial charge < -0.3 is 46.9 Å². The van der Waals surface area contributed by atoms with Crippen molar-refractivity contribution in [3.8, 4) is 28.7 Å². The van der Waals surface area contributed by atoms with Crippen molar-refractivity contribution >= 4 is 22.7 Å². The van der Waals surface area contributed by atoms with Crippen LogP contribution >= 0.6 is 0 Å². The number of rotatable bonds is 2. The molecule has 5 aromatic rings. The van der Waals surface area contributed by atoms with Gasteiger partial charge in [0.25, 0.3) is 0 Å². The minimum atomic E-state index is -0.162. The average Bonchev–Trinajstić information content (AvgIpc) is 3.09. The molecule has 0 heterocycles. The Kier molecular flexibility index (Phi) is 26.8. The van der Waals surface area contributed by atoms with Crippen LogP contribution in [0.25, 0.3) is 4.98 Å². The Balaban J connectivity index is -0.000000695. The molecule has 0 aliphatic carbocycles. The number of aryl methyl sites for hydroxylation is 3. The zero-order valence-electron chi connectivity index (χ0n) is 34.6. The van der Waals surface area contributed by atoms with Crippen LogP contribution in [0.5, 0.6) is 28.7 Å². The number of diazo groups is 1. The maximum Gasteiger partial charge on any atom is 1.00 e. The monoisotopic (exact) mass is 801 g/mol. The van der Waals surface area contributed by atoms with Gasteiger partial charge in [-0.2, -0.15) is 10.2 Å². The van der Waals surface area contributed by atoms with Gasteiger partial charge in [0, 0.05) is 23.4 Å². The molecular weight excluding hydrogens is 750 g/mol. The van der Waals surface area contributed by atoms with Gasteiger partial charge in [-0.3, -0.25) is 0 Å². The molecule has 14 nitrogen and oxygen atoms in total. The van der Waals surface area contributed by atoms with Crippen LogP contribution in [0, 0.1) is 36.3 Å². The van der Waals surface area contributed by atoms with E-state index in [1.165, 1.54) is 12.1 Å². The van der Waals surface area contributed by atoms with Gasteiger partial charge in [0.05, 0.1) is 11.4 Å². The molecular formula is C41H51N6Na2O8+. The van der Waals surface area contributed by atoms with Crippen molar-refractivity contribution in [3.05, 3.63) is 140 Å². The van der Waals surface area contributed by atoms with Crippen LogP contribution in [-0.2, 0) is 10.8 Å². The second-order valence-electron chi connectivity index (χ2n) is 14.1. The van der Waals surface area contributed by atoms with Crippen LogP contribution in [-0.4, -0.2) is 31.0 Å². The first-order valence-electron chi connectivity index (χ1n) is 16.6. The second-order valence-corrected chi connectivity index (χ2v) is 14.1. The Bertz CT molecular complexity index is 2060. The van der Waals surface area contributed by atoms with Gasteiger partial charge in [-0.05, 0) is 121 Å². The van der Waals surface area contributed by atoms with E-state index >= 15 is 0 Å². The van der Waals surface area contributed by atoms with E-state index in [0.29, 0.717) is 39.8 Å². The Morgan fingerprint density at radius 2 is 0.965 bits per heavy atom. The molecule has 57 heavy (non-hydrogen) atoms. The molecule has 0 aliphatic heterocycles. The molecule has 0 aliphatic rings. The minimum Gasteiger partial charge on any atom is -0.870 e. The molecule has 0 radical (unpaired) electrons. The number of hydrogen-bond donors (Lipinski definition) is 6. The molecule has 5 aromatic carbocycles. The summed E-state index contributed by atoms with van der Waals surface area (Å²) >= 11 is 0. The molecule has 294 valence electrons. The largest absolute Gasteiger partial charge is 1.00 e. The number of anilines is 1. The summed E-state index contributed by atoms with van der Waals surface area (Å²) in [6, 6.07) is 27.3. The summed E-state index contributed by atoms with van der Waals surface area (Å²) in [6.07, 6.45) is 0. The fraction of sp³-hybridized carbons (Fsp3) is 0.268. The fourth-order valence-corrected chi connectivity index (χ4v) is 4.49. The van der Waals surface area contributed by atoms with Crippen LogP contribution in [0.2, 0.25) is 0 Å². The molecule has 0 bridgehead atoms. The van der Waals surface area contributed by atoms with Crippen LogP contribution in [0.4, 0.5) is 22.7 Å². The Hall–Kier alpha value is -4.72. The number of phenols is 5. The number of para-hydroxylation sites is 1. The van der Waals surface area contributed by atoms with Gasteiger partial charge in [0.2, 0.25) is 5.39 Å². The van der Waals surface area contributed by atoms with Gasteiger partial charge in [0.15, 0.2) is 4.98 Å². The predicted octanol–water partition coefficient (Wildman–Crippen LogP) is 5.36. The van der Waals surface area contributed by atoms with E-state index in [1.54, 1.807) is 67.6 Å². The number of nitrogens with zero attached hydrogens (tertiary/aromatic N) is 5. The third-order valence-corrected chi connectivity index (χ3v) is 7.48. The van der Waals surface area contributed by atoms with Crippen molar-refractivity contribution < 1.29 is 90.1 Å². The van der Waals surface area contributed by atoms with Gasteiger partial charge in [-0.25, -0.2) is 0 Å². The molecule has 5 rings (SSSR count). The molecule has 0 aromatic heterocycles. The standard InChI is InChI=1S/C17H20N2O2.C10H14O.C7H6N2O.C7H9NO.HNO2.2Na.H2O/c1-11-9-12(5-7-15(11)20)18-19-13-6-8-16(21)14(10-13)17(2,3)4;1-10(2,3)8-6-4-5-7-9(8)11;1-5-4-6(9-8)2-3-7(5)10;1-5-4-6(8)2-3-7(5)9;2-1-3;;;/h5-10,20-21H,1-4H3;4-7,11H,1-3H3;2-4H,1H3;2-4,9H,8H2,1H3;(H,2,3);;;1H2/q;;;;;2*+1;/p-1. The third kappa shape index (κ3) is 20.9. The van der Waals surface area contributed by atoms with Crippen molar-refractivity contribution in [2.24, 2.45) is 15.6 Å². The van der Waals surface area contributed by atoms with E-state index in [1.807, 2.05) is 58.9 Å². The topological polar surface area (TPSA) is 263 Å². The van der Waals surface area contributed by atoms with Gasteiger partial charge >= 0.3 is 64.8 Å². The van der Waals surface area contributed by atoms with E-state index < -0.39 is 0 Å². The molecule has 0 atom stereocenters. The maximum absolute atomic E-state index is 9.92. The number of nitrogens with two attached hydrogens (primary N) is 1. The van der Waals surface area contributed by atoms with E-state index in [2.05, 4.69) is 36.0 Å². The minimum absolute atomic E-state index is 0. The number of aromatic hydroxyl groups is 5. The van der Waals surface area contributed by atoms with Crippen LogP contribution < -0.4 is 64.8 Å². The molecule has 0 fully saturated rings. The third-order valence-electron chi connectivity index (χ3n) is 7.48. The zero-order valence-corrected chi connectivity index (χ0v) is 38.6. The van der Waals surface area contributed by atoms with E-state index in [-0.39, 0.29) is 92.7 Å². The normalized spacial score (nSPS) is 9.89. The molecule has 0 saturated heterocycles. The fourth-order valence-electron chi connectivity index (χ4n) is 4.49. The summed E-state index contributed by atoms with van der Waals surface area (Å²) in [4.78, 5) is 11.0. The SMILES string of the molecule is CC(C)(C)c1ccccc1O.Cc1cc(N)ccc1O.Cc1cc(N=Nc2ccc(O)c(C(C)(C)C)c2)ccc1O.Cc1cc([N+]#N)ccc1O.O=N[O-].[Na+].[Na+].[OH-]. The van der Waals surface area contributed by atoms with Gasteiger partial charge in [0.1, 0.15) is 28.7 Å². The van der Waals surface area contributed by atoms with Gasteiger partial charge in [-0.1, -0.05) is 59.7 Å². The molecule has 16 heteroatoms. The van der Waals surface area contributed by atoms with Gasteiger partial charge in [-0.15, -0.1) is 5.34 Å². The molecule has 0 amide bonds. The van der Waals surface area contributed by atoms with Crippen molar-refractivity contribution in [2.45, 2.75) is 73.1 Å². The first-order valence-corrected chi connectivity index (χ1v) is 16.6. The second kappa shape index (κ2) is 27.0. The Morgan fingerprint density at radius 1 is 0.579 bits per heavy atom. The molecule has 0 spiro atoms. The summed E-state index contributed by atoms with van der Waals surface area (Å²) < 4.78 is 0. The molecule has 0 saturated carbocycles. The number of benzene rings is 5. The summed E-state index contributed by atoms with van der Waals surface area (Å²) in [5.41, 5.74) is 11.9. The van der Waals surface area contributed by atoms with Crippen LogP contribution in [0.1, 0.15) is 69.4 Å². The maximum atomic E-state index is 9.92.